The molecule has 0 radical (unpaired) electrons. The van der Waals surface area contributed by atoms with Crippen LogP contribution in [0, 0.1) is 0 Å². The minimum Gasteiger partial charge on any atom is -0.497 e. The first-order valence-corrected chi connectivity index (χ1v) is 4.56. The van der Waals surface area contributed by atoms with E-state index in [2.05, 4.69) is 0 Å². The van der Waals surface area contributed by atoms with Crippen LogP contribution in [0.25, 0.3) is 10.9 Å². The summed E-state index contributed by atoms with van der Waals surface area (Å²) in [7, 11) is 3.47. The quantitative estimate of drug-likeness (QED) is 0.801. The minimum absolute atomic E-state index is 0.422. The summed E-state index contributed by atoms with van der Waals surface area (Å²) in [5, 5.41) is 0.823. The van der Waals surface area contributed by atoms with Crippen LogP contribution in [0.2, 0.25) is 0 Å². The number of aromatic nitrogens is 1. The highest BCUT2D eigenvalue weighted by molar-refractivity contribution is 6.06. The van der Waals surface area contributed by atoms with E-state index >= 15 is 0 Å². The van der Waals surface area contributed by atoms with Crippen molar-refractivity contribution in [2.45, 2.75) is 0 Å². The third kappa shape index (κ3) is 1.44. The molecule has 1 aromatic carbocycles. The van der Waals surface area contributed by atoms with Crippen molar-refractivity contribution in [2.24, 2.45) is 12.8 Å². The first kappa shape index (κ1) is 9.58. The Balaban J connectivity index is 2.77. The van der Waals surface area contributed by atoms with Crippen LogP contribution < -0.4 is 10.5 Å². The normalized spacial score (nSPS) is 10.5. The molecule has 0 saturated carbocycles. The maximum absolute atomic E-state index is 11.2. The van der Waals surface area contributed by atoms with Gasteiger partial charge in [0.15, 0.2) is 0 Å². The van der Waals surface area contributed by atoms with Crippen LogP contribution in [0.3, 0.4) is 0 Å². The topological polar surface area (TPSA) is 57.2 Å². The number of amides is 1. The fourth-order valence-electron chi connectivity index (χ4n) is 1.69. The standard InChI is InChI=1S/C11H12N2O2/c1-13-6-9(11(12)14)8-5-7(15-2)3-4-10(8)13/h3-6H,1-2H3,(H2,12,14). The lowest BCUT2D eigenvalue weighted by Gasteiger charge is -2.00. The summed E-state index contributed by atoms with van der Waals surface area (Å²) < 4.78 is 6.97. The number of nitrogens with two attached hydrogens (primary N) is 1. The second-order valence-corrected chi connectivity index (χ2v) is 3.40. The summed E-state index contributed by atoms with van der Waals surface area (Å²) in [6, 6.07) is 5.57. The van der Waals surface area contributed by atoms with Crippen molar-refractivity contribution >= 4 is 16.8 Å². The summed E-state index contributed by atoms with van der Waals surface area (Å²) in [6.07, 6.45) is 1.73. The summed E-state index contributed by atoms with van der Waals surface area (Å²) in [4.78, 5) is 11.2. The number of benzene rings is 1. The molecule has 1 amide bonds. The number of carbonyl (C=O) groups is 1. The molecule has 0 saturated heterocycles. The monoisotopic (exact) mass is 204 g/mol. The van der Waals surface area contributed by atoms with E-state index in [0.717, 1.165) is 16.7 Å². The Bertz CT molecular complexity index is 529. The molecule has 0 aliphatic heterocycles. The molecule has 0 aliphatic rings. The largest absolute Gasteiger partial charge is 0.497 e. The molecule has 1 heterocycles. The number of hydrogen-bond acceptors (Lipinski definition) is 2. The van der Waals surface area contributed by atoms with Gasteiger partial charge in [-0.15, -0.1) is 0 Å². The van der Waals surface area contributed by atoms with E-state index in [4.69, 9.17) is 10.5 Å². The zero-order valence-electron chi connectivity index (χ0n) is 8.65. The van der Waals surface area contributed by atoms with Crippen LogP contribution in [-0.2, 0) is 7.05 Å². The van der Waals surface area contributed by atoms with E-state index in [1.54, 1.807) is 13.3 Å². The Morgan fingerprint density at radius 2 is 2.20 bits per heavy atom. The number of aryl methyl sites for hydroxylation is 1. The van der Waals surface area contributed by atoms with Gasteiger partial charge in [-0.1, -0.05) is 0 Å². The smallest absolute Gasteiger partial charge is 0.250 e. The van der Waals surface area contributed by atoms with Crippen molar-refractivity contribution in [2.75, 3.05) is 7.11 Å². The Morgan fingerprint density at radius 3 is 2.80 bits per heavy atom. The maximum atomic E-state index is 11.2. The molecule has 0 atom stereocenters. The molecule has 4 heteroatoms. The van der Waals surface area contributed by atoms with Crippen molar-refractivity contribution < 1.29 is 9.53 Å². The minimum atomic E-state index is -0.422. The van der Waals surface area contributed by atoms with E-state index < -0.39 is 5.91 Å². The highest BCUT2D eigenvalue weighted by atomic mass is 16.5. The van der Waals surface area contributed by atoms with Crippen LogP contribution in [0.5, 0.6) is 5.75 Å². The maximum Gasteiger partial charge on any atom is 0.250 e. The summed E-state index contributed by atoms with van der Waals surface area (Å²) in [5.41, 5.74) is 6.77. The van der Waals surface area contributed by atoms with Gasteiger partial charge in [0.05, 0.1) is 12.7 Å². The molecule has 4 nitrogen and oxygen atoms in total. The third-order valence-corrected chi connectivity index (χ3v) is 2.46. The van der Waals surface area contributed by atoms with Gasteiger partial charge in [-0.05, 0) is 18.2 Å². The zero-order valence-corrected chi connectivity index (χ0v) is 8.65. The molecule has 0 aliphatic carbocycles. The van der Waals surface area contributed by atoms with Gasteiger partial charge < -0.3 is 15.0 Å². The molecule has 0 fully saturated rings. The molecule has 0 spiro atoms. The number of primary amides is 1. The van der Waals surface area contributed by atoms with Crippen molar-refractivity contribution in [1.82, 2.24) is 4.57 Å². The van der Waals surface area contributed by atoms with E-state index in [1.165, 1.54) is 0 Å². The van der Waals surface area contributed by atoms with E-state index in [0.29, 0.717) is 5.56 Å². The zero-order chi connectivity index (χ0) is 11.0. The predicted molar refractivity (Wildman–Crippen MR) is 58.0 cm³/mol. The van der Waals surface area contributed by atoms with E-state index in [-0.39, 0.29) is 0 Å². The van der Waals surface area contributed by atoms with Gasteiger partial charge in [0.25, 0.3) is 5.91 Å². The van der Waals surface area contributed by atoms with Crippen LogP contribution in [0.15, 0.2) is 24.4 Å². The average molecular weight is 204 g/mol. The lowest BCUT2D eigenvalue weighted by molar-refractivity contribution is 0.100. The number of fused-ring (bicyclic) bond motifs is 1. The van der Waals surface area contributed by atoms with Gasteiger partial charge in [-0.25, -0.2) is 0 Å². The number of ether oxygens (including phenoxy) is 1. The fraction of sp³-hybridized carbons (Fsp3) is 0.182. The molecule has 15 heavy (non-hydrogen) atoms. The number of hydrogen-bond donors (Lipinski definition) is 1. The van der Waals surface area contributed by atoms with Gasteiger partial charge in [0.2, 0.25) is 0 Å². The summed E-state index contributed by atoms with van der Waals surface area (Å²) in [5.74, 6) is 0.296. The molecule has 1 aromatic heterocycles. The average Bonchev–Trinajstić information content (AvgIpc) is 2.56. The van der Waals surface area contributed by atoms with Gasteiger partial charge in [-0.3, -0.25) is 4.79 Å². The highest BCUT2D eigenvalue weighted by Crippen LogP contribution is 2.24. The lowest BCUT2D eigenvalue weighted by atomic mass is 10.1. The van der Waals surface area contributed by atoms with E-state index in [1.807, 2.05) is 29.8 Å². The molecule has 0 unspecified atom stereocenters. The Hall–Kier alpha value is -1.97. The van der Waals surface area contributed by atoms with Crippen molar-refractivity contribution in [3.8, 4) is 5.75 Å². The van der Waals surface area contributed by atoms with Gasteiger partial charge in [0.1, 0.15) is 5.75 Å². The third-order valence-electron chi connectivity index (χ3n) is 2.46. The second kappa shape index (κ2) is 3.31. The molecule has 2 aromatic rings. The molecule has 2 rings (SSSR count). The number of nitrogens with zero attached hydrogens (tertiary/aromatic N) is 1. The second-order valence-electron chi connectivity index (χ2n) is 3.40. The first-order valence-electron chi connectivity index (χ1n) is 4.56. The fourth-order valence-corrected chi connectivity index (χ4v) is 1.69. The van der Waals surface area contributed by atoms with E-state index in [9.17, 15) is 4.79 Å². The van der Waals surface area contributed by atoms with Gasteiger partial charge in [0, 0.05) is 24.1 Å². The van der Waals surface area contributed by atoms with Crippen molar-refractivity contribution in [3.63, 3.8) is 0 Å². The van der Waals surface area contributed by atoms with Crippen LogP contribution in [-0.4, -0.2) is 17.6 Å². The lowest BCUT2D eigenvalue weighted by Crippen LogP contribution is -2.10. The molecular formula is C11H12N2O2. The van der Waals surface area contributed by atoms with Gasteiger partial charge in [-0.2, -0.15) is 0 Å². The molecule has 2 N–H and O–H groups in total. The summed E-state index contributed by atoms with van der Waals surface area (Å²) in [6.45, 7) is 0. The van der Waals surface area contributed by atoms with Crippen LogP contribution in [0.4, 0.5) is 0 Å². The predicted octanol–water partition coefficient (Wildman–Crippen LogP) is 1.29. The molecule has 78 valence electrons. The van der Waals surface area contributed by atoms with Crippen LogP contribution >= 0.6 is 0 Å². The Labute approximate surface area is 87.2 Å². The first-order chi connectivity index (χ1) is 7.13. The summed E-state index contributed by atoms with van der Waals surface area (Å²) >= 11 is 0. The molecular weight excluding hydrogens is 192 g/mol. The van der Waals surface area contributed by atoms with Crippen molar-refractivity contribution in [3.05, 3.63) is 30.0 Å². The highest BCUT2D eigenvalue weighted by Gasteiger charge is 2.11. The van der Waals surface area contributed by atoms with Crippen molar-refractivity contribution in [1.29, 1.82) is 0 Å². The molecule has 0 bridgehead atoms. The number of rotatable bonds is 2. The SMILES string of the molecule is COc1ccc2c(c1)c(C(N)=O)cn2C. The number of methoxy groups -OCH3 is 1. The Kier molecular flexibility index (Phi) is 2.11. The van der Waals surface area contributed by atoms with Gasteiger partial charge >= 0.3 is 0 Å². The van der Waals surface area contributed by atoms with Crippen LogP contribution in [0.1, 0.15) is 10.4 Å². The Morgan fingerprint density at radius 1 is 1.47 bits per heavy atom. The number of carbonyl (C=O) groups excluding carboxylic acids is 1.